The summed E-state index contributed by atoms with van der Waals surface area (Å²) in [7, 11) is 1.85. The number of carbonyl (C=O) groups is 1. The summed E-state index contributed by atoms with van der Waals surface area (Å²) in [6, 6.07) is 5.97. The Morgan fingerprint density at radius 2 is 2.17 bits per heavy atom. The minimum atomic E-state index is -0.0528. The highest BCUT2D eigenvalue weighted by Gasteiger charge is 2.32. The lowest BCUT2D eigenvalue weighted by atomic mass is 9.92. The fraction of sp³-hybridized carbons (Fsp3) is 0.500. The van der Waals surface area contributed by atoms with E-state index in [2.05, 4.69) is 41.3 Å². The van der Waals surface area contributed by atoms with Crippen LogP contribution in [0.3, 0.4) is 0 Å². The molecule has 128 valence electrons. The molecule has 1 aliphatic rings. The number of nitrogens with one attached hydrogen (secondary N) is 2. The zero-order valence-electron chi connectivity index (χ0n) is 14.8. The Hall–Kier alpha value is -2.37. The normalized spacial score (nSPS) is 18.0. The fourth-order valence-corrected chi connectivity index (χ4v) is 3.11. The molecule has 6 nitrogen and oxygen atoms in total. The molecule has 0 aromatic carbocycles. The van der Waals surface area contributed by atoms with E-state index in [1.807, 2.05) is 30.1 Å². The van der Waals surface area contributed by atoms with Crippen LogP contribution in [0.25, 0.3) is 0 Å². The second-order valence-electron chi connectivity index (χ2n) is 7.30. The molecule has 0 spiro atoms. The summed E-state index contributed by atoms with van der Waals surface area (Å²) < 4.78 is 0. The summed E-state index contributed by atoms with van der Waals surface area (Å²) in [5.74, 6) is 0.814. The van der Waals surface area contributed by atoms with E-state index < -0.39 is 0 Å². The molecule has 1 amide bonds. The summed E-state index contributed by atoms with van der Waals surface area (Å²) in [5, 5.41) is 10.3. The lowest BCUT2D eigenvalue weighted by molar-refractivity contribution is 0.0729. The van der Waals surface area contributed by atoms with Crippen LogP contribution in [0, 0.1) is 0 Å². The highest BCUT2D eigenvalue weighted by Crippen LogP contribution is 2.34. The van der Waals surface area contributed by atoms with Crippen molar-refractivity contribution < 1.29 is 4.79 Å². The number of nitrogens with zero attached hydrogens (tertiary/aromatic N) is 3. The molecule has 0 aliphatic carbocycles. The van der Waals surface area contributed by atoms with Gasteiger partial charge in [-0.2, -0.15) is 5.10 Å². The highest BCUT2D eigenvalue weighted by molar-refractivity contribution is 5.93. The topological polar surface area (TPSA) is 73.9 Å². The maximum absolute atomic E-state index is 12.9. The van der Waals surface area contributed by atoms with E-state index in [0.29, 0.717) is 5.69 Å². The Kier molecular flexibility index (Phi) is 4.30. The average molecular weight is 327 g/mol. The third-order valence-corrected chi connectivity index (χ3v) is 4.54. The van der Waals surface area contributed by atoms with E-state index in [4.69, 9.17) is 0 Å². The number of aromatic nitrogens is 3. The average Bonchev–Trinajstić information content (AvgIpc) is 3.23. The molecule has 6 heteroatoms. The minimum absolute atomic E-state index is 0.00734. The molecule has 0 bridgehead atoms. The van der Waals surface area contributed by atoms with Crippen LogP contribution in [0.15, 0.2) is 24.4 Å². The Labute approximate surface area is 142 Å². The first-order valence-corrected chi connectivity index (χ1v) is 8.40. The molecule has 1 atom stereocenters. The van der Waals surface area contributed by atoms with Gasteiger partial charge in [0.1, 0.15) is 11.5 Å². The van der Waals surface area contributed by atoms with Crippen molar-refractivity contribution in [2.45, 2.75) is 45.1 Å². The molecule has 3 heterocycles. The predicted molar refractivity (Wildman–Crippen MR) is 94.1 cm³/mol. The lowest BCUT2D eigenvalue weighted by Gasteiger charge is -2.24. The van der Waals surface area contributed by atoms with Crippen molar-refractivity contribution in [1.29, 1.82) is 0 Å². The molecular formula is C18H25N5O. The van der Waals surface area contributed by atoms with E-state index in [-0.39, 0.29) is 17.4 Å². The maximum atomic E-state index is 12.9. The molecule has 1 aliphatic heterocycles. The van der Waals surface area contributed by atoms with Crippen LogP contribution in [0.1, 0.15) is 61.4 Å². The molecule has 1 saturated heterocycles. The Bertz CT molecular complexity index is 731. The van der Waals surface area contributed by atoms with Gasteiger partial charge in [-0.15, -0.1) is 0 Å². The van der Waals surface area contributed by atoms with Crippen molar-refractivity contribution in [3.63, 3.8) is 0 Å². The van der Waals surface area contributed by atoms with Crippen molar-refractivity contribution in [2.75, 3.05) is 18.9 Å². The molecule has 0 unspecified atom stereocenters. The summed E-state index contributed by atoms with van der Waals surface area (Å²) >= 11 is 0. The molecule has 3 rings (SSSR count). The van der Waals surface area contributed by atoms with Crippen LogP contribution < -0.4 is 5.32 Å². The van der Waals surface area contributed by atoms with Gasteiger partial charge in [-0.05, 0) is 36.6 Å². The van der Waals surface area contributed by atoms with Crippen LogP contribution in [0.5, 0.6) is 0 Å². The first-order chi connectivity index (χ1) is 11.4. The van der Waals surface area contributed by atoms with Crippen molar-refractivity contribution in [2.24, 2.45) is 0 Å². The number of carbonyl (C=O) groups excluding carboxylic acids is 1. The largest absolute Gasteiger partial charge is 0.373 e. The number of hydrogen-bond acceptors (Lipinski definition) is 4. The summed E-state index contributed by atoms with van der Waals surface area (Å²) in [6.07, 6.45) is 3.76. The van der Waals surface area contributed by atoms with E-state index >= 15 is 0 Å². The van der Waals surface area contributed by atoms with Crippen molar-refractivity contribution in [3.05, 3.63) is 41.3 Å². The van der Waals surface area contributed by atoms with Gasteiger partial charge in [0.15, 0.2) is 0 Å². The van der Waals surface area contributed by atoms with Gasteiger partial charge in [0.2, 0.25) is 0 Å². The SMILES string of the molecule is CNc1cc([C@H]2CCCN2C(=O)c2cc(C(C)(C)C)[nH]n2)ccn1. The number of hydrogen-bond donors (Lipinski definition) is 2. The van der Waals surface area contributed by atoms with Crippen molar-refractivity contribution in [1.82, 2.24) is 20.1 Å². The summed E-state index contributed by atoms with van der Waals surface area (Å²) in [6.45, 7) is 7.06. The standard InChI is InChI=1S/C18H25N5O/c1-18(2,3)15-11-13(21-22-15)17(24)23-9-5-6-14(23)12-7-8-20-16(10-12)19-4/h7-8,10-11,14H,5-6,9H2,1-4H3,(H,19,20)(H,21,22)/t14-/m1/s1. The molecule has 0 radical (unpaired) electrons. The quantitative estimate of drug-likeness (QED) is 0.908. The third-order valence-electron chi connectivity index (χ3n) is 4.54. The molecular weight excluding hydrogens is 302 g/mol. The monoisotopic (exact) mass is 327 g/mol. The molecule has 2 aromatic heterocycles. The van der Waals surface area contributed by atoms with Gasteiger partial charge in [-0.25, -0.2) is 4.98 Å². The van der Waals surface area contributed by atoms with Crippen LogP contribution in [-0.2, 0) is 5.41 Å². The van der Waals surface area contributed by atoms with E-state index in [9.17, 15) is 4.79 Å². The first kappa shape index (κ1) is 16.5. The lowest BCUT2D eigenvalue weighted by Crippen LogP contribution is -2.31. The summed E-state index contributed by atoms with van der Waals surface area (Å²) in [5.41, 5.74) is 2.53. The third kappa shape index (κ3) is 3.13. The van der Waals surface area contributed by atoms with Crippen molar-refractivity contribution in [3.8, 4) is 0 Å². The minimum Gasteiger partial charge on any atom is -0.373 e. The zero-order chi connectivity index (χ0) is 17.3. The molecule has 24 heavy (non-hydrogen) atoms. The number of aromatic amines is 1. The van der Waals surface area contributed by atoms with Gasteiger partial charge in [0.25, 0.3) is 5.91 Å². The van der Waals surface area contributed by atoms with Gasteiger partial charge in [-0.1, -0.05) is 20.8 Å². The van der Waals surface area contributed by atoms with E-state index in [1.165, 1.54) is 0 Å². The predicted octanol–water partition coefficient (Wildman–Crippen LogP) is 3.12. The second-order valence-corrected chi connectivity index (χ2v) is 7.30. The Morgan fingerprint density at radius 3 is 2.83 bits per heavy atom. The van der Waals surface area contributed by atoms with Crippen molar-refractivity contribution >= 4 is 11.7 Å². The van der Waals surface area contributed by atoms with Gasteiger partial charge in [0, 0.05) is 30.9 Å². The highest BCUT2D eigenvalue weighted by atomic mass is 16.2. The number of likely N-dealkylation sites (tertiary alicyclic amines) is 1. The Morgan fingerprint density at radius 1 is 1.38 bits per heavy atom. The number of amides is 1. The second kappa shape index (κ2) is 6.26. The number of rotatable bonds is 3. The first-order valence-electron chi connectivity index (χ1n) is 8.40. The van der Waals surface area contributed by atoms with E-state index in [1.54, 1.807) is 6.20 Å². The van der Waals surface area contributed by atoms with E-state index in [0.717, 1.165) is 36.5 Å². The van der Waals surface area contributed by atoms with Gasteiger partial charge in [0.05, 0.1) is 6.04 Å². The maximum Gasteiger partial charge on any atom is 0.274 e. The molecule has 0 saturated carbocycles. The zero-order valence-corrected chi connectivity index (χ0v) is 14.8. The smallest absolute Gasteiger partial charge is 0.274 e. The Balaban J connectivity index is 1.84. The molecule has 1 fully saturated rings. The number of anilines is 1. The van der Waals surface area contributed by atoms with Crippen LogP contribution in [-0.4, -0.2) is 39.6 Å². The van der Waals surface area contributed by atoms with Gasteiger partial charge < -0.3 is 10.2 Å². The number of H-pyrrole nitrogens is 1. The van der Waals surface area contributed by atoms with Crippen LogP contribution in [0.2, 0.25) is 0 Å². The number of pyridine rings is 1. The molecule has 2 N–H and O–H groups in total. The fourth-order valence-electron chi connectivity index (χ4n) is 3.11. The molecule has 2 aromatic rings. The van der Waals surface area contributed by atoms with Gasteiger partial charge in [-0.3, -0.25) is 9.89 Å². The van der Waals surface area contributed by atoms with Crippen LogP contribution in [0.4, 0.5) is 5.82 Å². The van der Waals surface area contributed by atoms with Gasteiger partial charge >= 0.3 is 0 Å². The summed E-state index contributed by atoms with van der Waals surface area (Å²) in [4.78, 5) is 19.1. The van der Waals surface area contributed by atoms with Crippen LogP contribution >= 0.6 is 0 Å².